The molecule has 0 spiro atoms. The summed E-state index contributed by atoms with van der Waals surface area (Å²) in [5.74, 6) is -0.172. The van der Waals surface area contributed by atoms with Gasteiger partial charge in [0.1, 0.15) is 5.75 Å². The number of nitrogens with one attached hydrogen (secondary N) is 1. The lowest BCUT2D eigenvalue weighted by Crippen LogP contribution is -2.29. The molecular formula is C23H24F3NO. The van der Waals surface area contributed by atoms with Gasteiger partial charge < -0.3 is 10.1 Å². The van der Waals surface area contributed by atoms with Crippen LogP contribution in [0.4, 0.5) is 13.2 Å². The average molecular weight is 387 g/mol. The van der Waals surface area contributed by atoms with E-state index >= 15 is 0 Å². The second-order valence-electron chi connectivity index (χ2n) is 7.09. The van der Waals surface area contributed by atoms with Crippen LogP contribution in [-0.2, 0) is 6.42 Å². The van der Waals surface area contributed by atoms with Crippen molar-refractivity contribution in [1.29, 1.82) is 0 Å². The largest absolute Gasteiger partial charge is 0.573 e. The van der Waals surface area contributed by atoms with Gasteiger partial charge in [0.2, 0.25) is 0 Å². The van der Waals surface area contributed by atoms with Gasteiger partial charge >= 0.3 is 6.36 Å². The third-order valence-corrected chi connectivity index (χ3v) is 4.82. The Morgan fingerprint density at radius 1 is 0.929 bits per heavy atom. The van der Waals surface area contributed by atoms with Crippen molar-refractivity contribution in [2.75, 3.05) is 0 Å². The first-order valence-corrected chi connectivity index (χ1v) is 9.40. The van der Waals surface area contributed by atoms with Gasteiger partial charge in [-0.2, -0.15) is 0 Å². The van der Waals surface area contributed by atoms with E-state index in [9.17, 15) is 13.2 Å². The maximum Gasteiger partial charge on any atom is 0.573 e. The van der Waals surface area contributed by atoms with Gasteiger partial charge in [0, 0.05) is 12.1 Å². The highest BCUT2D eigenvalue weighted by atomic mass is 19.4. The van der Waals surface area contributed by atoms with E-state index in [1.54, 1.807) is 6.07 Å². The summed E-state index contributed by atoms with van der Waals surface area (Å²) in [6.45, 7) is 4.23. The van der Waals surface area contributed by atoms with Crippen molar-refractivity contribution in [2.45, 2.75) is 45.1 Å². The molecule has 0 amide bonds. The topological polar surface area (TPSA) is 21.3 Å². The molecule has 5 heteroatoms. The minimum Gasteiger partial charge on any atom is -0.406 e. The van der Waals surface area contributed by atoms with Crippen molar-refractivity contribution in [1.82, 2.24) is 5.32 Å². The van der Waals surface area contributed by atoms with E-state index in [-0.39, 0.29) is 17.8 Å². The lowest BCUT2D eigenvalue weighted by molar-refractivity contribution is -0.274. The molecule has 0 saturated carbocycles. The molecule has 0 aliphatic carbocycles. The van der Waals surface area contributed by atoms with Gasteiger partial charge in [-0.3, -0.25) is 0 Å². The minimum absolute atomic E-state index is 0.168. The summed E-state index contributed by atoms with van der Waals surface area (Å²) in [5.41, 5.74) is 2.07. The summed E-state index contributed by atoms with van der Waals surface area (Å²) in [6.07, 6.45) is -3.18. The molecule has 2 atom stereocenters. The van der Waals surface area contributed by atoms with Crippen molar-refractivity contribution < 1.29 is 17.9 Å². The highest BCUT2D eigenvalue weighted by Gasteiger charge is 2.31. The number of hydrogen-bond donors (Lipinski definition) is 1. The van der Waals surface area contributed by atoms with Crippen molar-refractivity contribution in [2.24, 2.45) is 0 Å². The van der Waals surface area contributed by atoms with Gasteiger partial charge in [-0.15, -0.1) is 13.2 Å². The van der Waals surface area contributed by atoms with Crippen LogP contribution in [0.25, 0.3) is 10.8 Å². The van der Waals surface area contributed by atoms with Gasteiger partial charge in [-0.25, -0.2) is 0 Å². The molecule has 3 aromatic carbocycles. The van der Waals surface area contributed by atoms with E-state index in [0.717, 1.165) is 12.0 Å². The van der Waals surface area contributed by atoms with Crippen molar-refractivity contribution in [3.8, 4) is 5.75 Å². The van der Waals surface area contributed by atoms with Crippen molar-refractivity contribution in [3.63, 3.8) is 0 Å². The fourth-order valence-corrected chi connectivity index (χ4v) is 3.51. The Labute approximate surface area is 163 Å². The van der Waals surface area contributed by atoms with Crippen LogP contribution >= 0.6 is 0 Å². The Balaban J connectivity index is 1.60. The summed E-state index contributed by atoms with van der Waals surface area (Å²) >= 11 is 0. The highest BCUT2D eigenvalue weighted by molar-refractivity contribution is 5.86. The van der Waals surface area contributed by atoms with Crippen LogP contribution in [0, 0.1) is 0 Å². The molecule has 0 aliphatic rings. The zero-order valence-corrected chi connectivity index (χ0v) is 16.0. The Kier molecular flexibility index (Phi) is 6.25. The molecule has 0 fully saturated rings. The molecule has 0 radical (unpaired) electrons. The standard InChI is InChI=1S/C23H24F3NO/c1-16(13-14-18-7-5-10-20(15-18)28-23(24,25)26)27-17(2)21-12-6-9-19-8-3-4-11-22(19)21/h3-12,15-17,27H,13-14H2,1-2H3/t16?,17-/m1/s1. The monoisotopic (exact) mass is 387 g/mol. The number of rotatable bonds is 7. The van der Waals surface area contributed by atoms with E-state index in [2.05, 4.69) is 54.2 Å². The molecular weight excluding hydrogens is 363 g/mol. The van der Waals surface area contributed by atoms with Crippen LogP contribution in [0.15, 0.2) is 66.7 Å². The van der Waals surface area contributed by atoms with Gasteiger partial charge in [0.25, 0.3) is 0 Å². The molecule has 3 rings (SSSR count). The van der Waals surface area contributed by atoms with Crippen LogP contribution in [0.2, 0.25) is 0 Å². The predicted molar refractivity (Wildman–Crippen MR) is 106 cm³/mol. The molecule has 2 nitrogen and oxygen atoms in total. The Morgan fingerprint density at radius 2 is 1.64 bits per heavy atom. The maximum atomic E-state index is 12.4. The highest BCUT2D eigenvalue weighted by Crippen LogP contribution is 2.26. The minimum atomic E-state index is -4.67. The lowest BCUT2D eigenvalue weighted by Gasteiger charge is -2.22. The van der Waals surface area contributed by atoms with E-state index in [4.69, 9.17) is 0 Å². The fraction of sp³-hybridized carbons (Fsp3) is 0.304. The van der Waals surface area contributed by atoms with E-state index in [0.29, 0.717) is 6.42 Å². The van der Waals surface area contributed by atoms with Crippen LogP contribution < -0.4 is 10.1 Å². The Bertz CT molecular complexity index is 918. The number of hydrogen-bond acceptors (Lipinski definition) is 2. The van der Waals surface area contributed by atoms with Crippen LogP contribution in [-0.4, -0.2) is 12.4 Å². The molecule has 0 aliphatic heterocycles. The molecule has 0 aromatic heterocycles. The number of halogens is 3. The molecule has 3 aromatic rings. The van der Waals surface area contributed by atoms with E-state index in [1.165, 1.54) is 28.5 Å². The number of alkyl halides is 3. The zero-order chi connectivity index (χ0) is 20.1. The third kappa shape index (κ3) is 5.49. The molecule has 28 heavy (non-hydrogen) atoms. The zero-order valence-electron chi connectivity index (χ0n) is 16.0. The number of aryl methyl sites for hydroxylation is 1. The van der Waals surface area contributed by atoms with Crippen LogP contribution in [0.3, 0.4) is 0 Å². The Hall–Kier alpha value is -2.53. The summed E-state index contributed by atoms with van der Waals surface area (Å²) in [6, 6.07) is 21.2. The summed E-state index contributed by atoms with van der Waals surface area (Å²) in [5, 5.41) is 6.04. The third-order valence-electron chi connectivity index (χ3n) is 4.82. The van der Waals surface area contributed by atoms with Gasteiger partial charge in [0.15, 0.2) is 0 Å². The van der Waals surface area contributed by atoms with Crippen molar-refractivity contribution >= 4 is 10.8 Å². The maximum absolute atomic E-state index is 12.4. The predicted octanol–water partition coefficient (Wildman–Crippen LogP) is 6.41. The van der Waals surface area contributed by atoms with Crippen LogP contribution in [0.5, 0.6) is 5.75 Å². The lowest BCUT2D eigenvalue weighted by atomic mass is 9.98. The molecule has 1 unspecified atom stereocenters. The first kappa shape index (κ1) is 20.2. The normalized spacial score (nSPS) is 14.0. The molecule has 0 saturated heterocycles. The van der Waals surface area contributed by atoms with E-state index in [1.807, 2.05) is 18.2 Å². The van der Waals surface area contributed by atoms with Crippen LogP contribution in [0.1, 0.15) is 37.4 Å². The summed E-state index contributed by atoms with van der Waals surface area (Å²) < 4.78 is 41.1. The SMILES string of the molecule is CC(CCc1cccc(OC(F)(F)F)c1)N[C@H](C)c1cccc2ccccc12. The summed E-state index contributed by atoms with van der Waals surface area (Å²) in [7, 11) is 0. The number of benzene rings is 3. The van der Waals surface area contributed by atoms with Gasteiger partial charge in [0.05, 0.1) is 0 Å². The number of fused-ring (bicyclic) bond motifs is 1. The molecule has 1 N–H and O–H groups in total. The smallest absolute Gasteiger partial charge is 0.406 e. The molecule has 0 bridgehead atoms. The Morgan fingerprint density at radius 3 is 2.43 bits per heavy atom. The first-order chi connectivity index (χ1) is 13.3. The van der Waals surface area contributed by atoms with Crippen molar-refractivity contribution in [3.05, 3.63) is 77.9 Å². The second-order valence-corrected chi connectivity index (χ2v) is 7.09. The molecule has 148 valence electrons. The fourth-order valence-electron chi connectivity index (χ4n) is 3.51. The van der Waals surface area contributed by atoms with E-state index < -0.39 is 6.36 Å². The quantitative estimate of drug-likeness (QED) is 0.506. The van der Waals surface area contributed by atoms with Gasteiger partial charge in [-0.05, 0) is 60.7 Å². The number of ether oxygens (including phenoxy) is 1. The van der Waals surface area contributed by atoms with Gasteiger partial charge in [-0.1, -0.05) is 54.6 Å². The molecule has 0 heterocycles. The second kappa shape index (κ2) is 8.65. The average Bonchev–Trinajstić information content (AvgIpc) is 2.65. The summed E-state index contributed by atoms with van der Waals surface area (Å²) in [4.78, 5) is 0. The first-order valence-electron chi connectivity index (χ1n) is 9.40.